The molecule has 3 aromatic rings. The summed E-state index contributed by atoms with van der Waals surface area (Å²) < 4.78 is 12.2. The maximum Gasteiger partial charge on any atom is 0.139 e. The molecule has 0 amide bonds. The van der Waals surface area contributed by atoms with Crippen molar-refractivity contribution in [1.82, 2.24) is 0 Å². The topological polar surface area (TPSA) is 22.4 Å². The van der Waals surface area contributed by atoms with Crippen molar-refractivity contribution in [3.05, 3.63) is 53.6 Å². The molecule has 1 aromatic heterocycles. The van der Waals surface area contributed by atoms with Gasteiger partial charge in [-0.25, -0.2) is 0 Å². The van der Waals surface area contributed by atoms with Crippen LogP contribution in [0.1, 0.15) is 75.8 Å². The van der Waals surface area contributed by atoms with E-state index in [2.05, 4.69) is 49.4 Å². The lowest BCUT2D eigenvalue weighted by Gasteiger charge is -2.06. The number of benzene rings is 2. The van der Waals surface area contributed by atoms with Gasteiger partial charge in [0.1, 0.15) is 17.1 Å². The van der Waals surface area contributed by atoms with E-state index in [1.807, 2.05) is 0 Å². The summed E-state index contributed by atoms with van der Waals surface area (Å²) in [6, 6.07) is 14.9. The van der Waals surface area contributed by atoms with Crippen molar-refractivity contribution in [2.24, 2.45) is 0 Å². The van der Waals surface area contributed by atoms with Gasteiger partial charge < -0.3 is 9.15 Å². The molecular formula is C26H32O2. The fraction of sp³-hybridized carbons (Fsp3) is 0.462. The molecule has 0 saturated heterocycles. The van der Waals surface area contributed by atoms with Gasteiger partial charge in [0.15, 0.2) is 0 Å². The molecule has 2 aromatic carbocycles. The van der Waals surface area contributed by atoms with Crippen LogP contribution in [-0.2, 0) is 6.42 Å². The first kappa shape index (κ1) is 19.1. The highest BCUT2D eigenvalue weighted by atomic mass is 16.5. The molecule has 0 unspecified atom stereocenters. The third-order valence-corrected chi connectivity index (χ3v) is 5.91. The Bertz CT molecular complexity index is 906. The van der Waals surface area contributed by atoms with Crippen molar-refractivity contribution in [2.75, 3.05) is 6.61 Å². The summed E-state index contributed by atoms with van der Waals surface area (Å²) in [5, 5.41) is 1.22. The molecule has 0 saturated carbocycles. The van der Waals surface area contributed by atoms with E-state index in [1.165, 1.54) is 73.4 Å². The van der Waals surface area contributed by atoms with Gasteiger partial charge >= 0.3 is 0 Å². The number of furan rings is 1. The fourth-order valence-electron chi connectivity index (χ4n) is 4.30. The Hall–Kier alpha value is -2.22. The Morgan fingerprint density at radius 3 is 2.43 bits per heavy atom. The molecule has 1 aliphatic rings. The van der Waals surface area contributed by atoms with E-state index < -0.39 is 0 Å². The highest BCUT2D eigenvalue weighted by Gasteiger charge is 2.24. The zero-order valence-corrected chi connectivity index (χ0v) is 17.1. The van der Waals surface area contributed by atoms with Crippen LogP contribution in [0.3, 0.4) is 0 Å². The minimum absolute atomic E-state index is 0.796. The van der Waals surface area contributed by atoms with Crippen LogP contribution >= 0.6 is 0 Å². The van der Waals surface area contributed by atoms with Gasteiger partial charge in [-0.05, 0) is 24.1 Å². The standard InChI is InChI=1S/C26H32O2/c1-2-3-4-5-6-7-8-9-12-17-27-21-15-16-23-24-18-20-13-10-11-14-22(20)26(24)28-25(23)19-21/h10-11,13-16,19H,2-9,12,17-18H2,1H3. The molecular weight excluding hydrogens is 344 g/mol. The van der Waals surface area contributed by atoms with E-state index in [9.17, 15) is 0 Å². The van der Waals surface area contributed by atoms with Crippen LogP contribution in [0.2, 0.25) is 0 Å². The van der Waals surface area contributed by atoms with Gasteiger partial charge in [0.25, 0.3) is 0 Å². The normalized spacial score (nSPS) is 12.3. The van der Waals surface area contributed by atoms with Crippen LogP contribution in [0.15, 0.2) is 46.9 Å². The maximum atomic E-state index is 6.20. The molecule has 1 aliphatic carbocycles. The predicted octanol–water partition coefficient (Wildman–Crippen LogP) is 7.91. The smallest absolute Gasteiger partial charge is 0.139 e. The predicted molar refractivity (Wildman–Crippen MR) is 117 cm³/mol. The molecule has 1 heterocycles. The second-order valence-electron chi connectivity index (χ2n) is 8.08. The molecule has 0 spiro atoms. The SMILES string of the molecule is CCCCCCCCCCCOc1ccc2c3c(oc2c1)-c1ccccc1C3. The van der Waals surface area contributed by atoms with E-state index in [1.54, 1.807) is 0 Å². The molecule has 0 atom stereocenters. The lowest BCUT2D eigenvalue weighted by Crippen LogP contribution is -1.97. The van der Waals surface area contributed by atoms with Crippen LogP contribution in [0.25, 0.3) is 22.3 Å². The minimum Gasteiger partial charge on any atom is -0.493 e. The molecule has 0 aliphatic heterocycles. The van der Waals surface area contributed by atoms with Crippen molar-refractivity contribution in [3.63, 3.8) is 0 Å². The number of hydrogen-bond acceptors (Lipinski definition) is 2. The van der Waals surface area contributed by atoms with Crippen molar-refractivity contribution < 1.29 is 9.15 Å². The van der Waals surface area contributed by atoms with E-state index in [0.717, 1.165) is 36.5 Å². The zero-order valence-electron chi connectivity index (χ0n) is 17.1. The fourth-order valence-corrected chi connectivity index (χ4v) is 4.30. The van der Waals surface area contributed by atoms with Crippen molar-refractivity contribution in [3.8, 4) is 17.1 Å². The molecule has 0 bridgehead atoms. The van der Waals surface area contributed by atoms with Gasteiger partial charge in [-0.15, -0.1) is 0 Å². The van der Waals surface area contributed by atoms with Gasteiger partial charge in [0.05, 0.1) is 6.61 Å². The van der Waals surface area contributed by atoms with E-state index in [-0.39, 0.29) is 0 Å². The highest BCUT2D eigenvalue weighted by molar-refractivity contribution is 5.92. The van der Waals surface area contributed by atoms with E-state index >= 15 is 0 Å². The Morgan fingerprint density at radius 1 is 0.857 bits per heavy atom. The molecule has 0 N–H and O–H groups in total. The van der Waals surface area contributed by atoms with Crippen LogP contribution in [0, 0.1) is 0 Å². The summed E-state index contributed by atoms with van der Waals surface area (Å²) >= 11 is 0. The van der Waals surface area contributed by atoms with Crippen LogP contribution < -0.4 is 4.74 Å². The van der Waals surface area contributed by atoms with Gasteiger partial charge in [-0.2, -0.15) is 0 Å². The summed E-state index contributed by atoms with van der Waals surface area (Å²) in [6.07, 6.45) is 13.0. The molecule has 0 radical (unpaired) electrons. The number of ether oxygens (including phenoxy) is 1. The first-order chi connectivity index (χ1) is 13.9. The Kier molecular flexibility index (Phi) is 6.36. The number of fused-ring (bicyclic) bond motifs is 5. The third-order valence-electron chi connectivity index (χ3n) is 5.91. The summed E-state index contributed by atoms with van der Waals surface area (Å²) in [4.78, 5) is 0. The van der Waals surface area contributed by atoms with Gasteiger partial charge in [-0.3, -0.25) is 0 Å². The van der Waals surface area contributed by atoms with E-state index in [0.29, 0.717) is 0 Å². The lowest BCUT2D eigenvalue weighted by molar-refractivity contribution is 0.304. The Labute approximate surface area is 168 Å². The molecule has 148 valence electrons. The second-order valence-corrected chi connectivity index (χ2v) is 8.08. The number of hydrogen-bond donors (Lipinski definition) is 0. The summed E-state index contributed by atoms with van der Waals surface area (Å²) in [5.74, 6) is 1.97. The summed E-state index contributed by atoms with van der Waals surface area (Å²) in [6.45, 7) is 3.07. The van der Waals surface area contributed by atoms with Crippen LogP contribution in [0.5, 0.6) is 5.75 Å². The maximum absolute atomic E-state index is 6.20. The summed E-state index contributed by atoms with van der Waals surface area (Å²) in [5.41, 5.74) is 4.88. The molecule has 0 fully saturated rings. The number of unbranched alkanes of at least 4 members (excludes halogenated alkanes) is 8. The molecule has 28 heavy (non-hydrogen) atoms. The van der Waals surface area contributed by atoms with Crippen LogP contribution in [0.4, 0.5) is 0 Å². The molecule has 2 nitrogen and oxygen atoms in total. The van der Waals surface area contributed by atoms with Crippen molar-refractivity contribution >= 4 is 11.0 Å². The van der Waals surface area contributed by atoms with Gasteiger partial charge in [0, 0.05) is 29.0 Å². The molecule has 4 rings (SSSR count). The monoisotopic (exact) mass is 376 g/mol. The third kappa shape index (κ3) is 4.27. The summed E-state index contributed by atoms with van der Waals surface area (Å²) in [7, 11) is 0. The first-order valence-electron chi connectivity index (χ1n) is 11.1. The second kappa shape index (κ2) is 9.32. The quantitative estimate of drug-likeness (QED) is 0.248. The Balaban J connectivity index is 1.24. The first-order valence-corrected chi connectivity index (χ1v) is 11.1. The van der Waals surface area contributed by atoms with Crippen molar-refractivity contribution in [1.29, 1.82) is 0 Å². The average molecular weight is 377 g/mol. The van der Waals surface area contributed by atoms with Crippen molar-refractivity contribution in [2.45, 2.75) is 71.1 Å². The lowest BCUT2D eigenvalue weighted by atomic mass is 10.1. The van der Waals surface area contributed by atoms with E-state index in [4.69, 9.17) is 9.15 Å². The number of rotatable bonds is 11. The highest BCUT2D eigenvalue weighted by Crippen LogP contribution is 2.43. The average Bonchev–Trinajstić information content (AvgIpc) is 3.25. The minimum atomic E-state index is 0.796. The Morgan fingerprint density at radius 2 is 1.61 bits per heavy atom. The van der Waals surface area contributed by atoms with Crippen LogP contribution in [-0.4, -0.2) is 6.61 Å². The molecule has 2 heteroatoms. The van der Waals surface area contributed by atoms with Gasteiger partial charge in [0.2, 0.25) is 0 Å². The van der Waals surface area contributed by atoms with Gasteiger partial charge in [-0.1, -0.05) is 82.6 Å². The zero-order chi connectivity index (χ0) is 19.2. The largest absolute Gasteiger partial charge is 0.493 e.